The molecule has 7 heteroatoms. The van der Waals surface area contributed by atoms with E-state index in [9.17, 15) is 9.90 Å². The number of rotatable bonds is 7. The number of hydrogen-bond acceptors (Lipinski definition) is 5. The fraction of sp³-hybridized carbons (Fsp3) is 0.500. The smallest absolute Gasteiger partial charge is 0.222 e. The summed E-state index contributed by atoms with van der Waals surface area (Å²) in [5.74, 6) is 0.803. The van der Waals surface area contributed by atoms with Crippen LogP contribution in [0.1, 0.15) is 24.8 Å². The molecule has 25 heavy (non-hydrogen) atoms. The van der Waals surface area contributed by atoms with Crippen molar-refractivity contribution in [2.75, 3.05) is 19.7 Å². The van der Waals surface area contributed by atoms with E-state index < -0.39 is 5.60 Å². The second kappa shape index (κ2) is 7.65. The van der Waals surface area contributed by atoms with Crippen molar-refractivity contribution < 1.29 is 14.6 Å². The van der Waals surface area contributed by atoms with Crippen molar-refractivity contribution in [2.24, 2.45) is 0 Å². The average Bonchev–Trinajstić information content (AvgIpc) is 3.23. The molecule has 0 spiro atoms. The third-order valence-electron chi connectivity index (χ3n) is 4.43. The van der Waals surface area contributed by atoms with Gasteiger partial charge in [-0.1, -0.05) is 12.1 Å². The van der Waals surface area contributed by atoms with Crippen LogP contribution in [0.4, 0.5) is 0 Å². The van der Waals surface area contributed by atoms with Gasteiger partial charge >= 0.3 is 0 Å². The highest BCUT2D eigenvalue weighted by Gasteiger charge is 2.38. The summed E-state index contributed by atoms with van der Waals surface area (Å²) in [7, 11) is 0. The SMILES string of the molecule is Cc1cccc(OC[C@@]2(O)CCN(C(=O)CCCn3cncn3)C2)c1. The lowest BCUT2D eigenvalue weighted by molar-refractivity contribution is -0.131. The second-order valence-corrected chi connectivity index (χ2v) is 6.66. The molecule has 0 unspecified atom stereocenters. The zero-order valence-electron chi connectivity index (χ0n) is 14.5. The molecule has 3 rings (SSSR count). The van der Waals surface area contributed by atoms with Crippen molar-refractivity contribution >= 4 is 5.91 Å². The van der Waals surface area contributed by atoms with Crippen molar-refractivity contribution in [3.8, 4) is 5.75 Å². The van der Waals surface area contributed by atoms with Crippen LogP contribution in [-0.4, -0.2) is 56.0 Å². The van der Waals surface area contributed by atoms with E-state index in [1.165, 1.54) is 6.33 Å². The molecule has 1 saturated heterocycles. The molecular weight excluding hydrogens is 320 g/mol. The van der Waals surface area contributed by atoms with Gasteiger partial charge in [0, 0.05) is 19.5 Å². The summed E-state index contributed by atoms with van der Waals surface area (Å²) in [6.07, 6.45) is 4.80. The van der Waals surface area contributed by atoms with Crippen molar-refractivity contribution in [3.63, 3.8) is 0 Å². The quantitative estimate of drug-likeness (QED) is 0.821. The molecule has 1 fully saturated rings. The van der Waals surface area contributed by atoms with Gasteiger partial charge in [0.05, 0.1) is 6.54 Å². The monoisotopic (exact) mass is 344 g/mol. The molecule has 1 amide bonds. The number of benzene rings is 1. The highest BCUT2D eigenvalue weighted by molar-refractivity contribution is 5.76. The molecule has 1 aromatic carbocycles. The number of likely N-dealkylation sites (tertiary alicyclic amines) is 1. The van der Waals surface area contributed by atoms with Crippen LogP contribution in [0.5, 0.6) is 5.75 Å². The predicted octanol–water partition coefficient (Wildman–Crippen LogP) is 1.41. The summed E-state index contributed by atoms with van der Waals surface area (Å²) >= 11 is 0. The van der Waals surface area contributed by atoms with Gasteiger partial charge in [0.15, 0.2) is 0 Å². The zero-order valence-corrected chi connectivity index (χ0v) is 14.5. The van der Waals surface area contributed by atoms with Crippen LogP contribution in [-0.2, 0) is 11.3 Å². The molecule has 1 N–H and O–H groups in total. The van der Waals surface area contributed by atoms with Crippen molar-refractivity contribution in [1.82, 2.24) is 19.7 Å². The number of β-amino-alcohol motifs (C(OH)–C–C–N with tert-alkyl or cyclic N) is 1. The van der Waals surface area contributed by atoms with Crippen LogP contribution < -0.4 is 4.74 Å². The Hall–Kier alpha value is -2.41. The fourth-order valence-electron chi connectivity index (χ4n) is 3.01. The number of ether oxygens (including phenoxy) is 1. The Kier molecular flexibility index (Phi) is 5.33. The van der Waals surface area contributed by atoms with E-state index in [1.54, 1.807) is 15.9 Å². The van der Waals surface area contributed by atoms with Gasteiger partial charge in [-0.2, -0.15) is 5.10 Å². The van der Waals surface area contributed by atoms with E-state index in [0.717, 1.165) is 11.3 Å². The molecule has 0 aliphatic carbocycles. The van der Waals surface area contributed by atoms with E-state index >= 15 is 0 Å². The number of aliphatic hydroxyl groups is 1. The molecule has 0 saturated carbocycles. The van der Waals surface area contributed by atoms with E-state index in [4.69, 9.17) is 4.74 Å². The predicted molar refractivity (Wildman–Crippen MR) is 92.1 cm³/mol. The maximum atomic E-state index is 12.3. The van der Waals surface area contributed by atoms with Crippen molar-refractivity contribution in [3.05, 3.63) is 42.5 Å². The molecule has 1 aliphatic rings. The van der Waals surface area contributed by atoms with Gasteiger partial charge in [0.25, 0.3) is 0 Å². The van der Waals surface area contributed by atoms with Crippen LogP contribution in [0.15, 0.2) is 36.9 Å². The third-order valence-corrected chi connectivity index (χ3v) is 4.43. The van der Waals surface area contributed by atoms with Gasteiger partial charge in [-0.3, -0.25) is 9.48 Å². The van der Waals surface area contributed by atoms with Gasteiger partial charge in [0.1, 0.15) is 30.6 Å². The summed E-state index contributed by atoms with van der Waals surface area (Å²) in [5, 5.41) is 14.7. The summed E-state index contributed by atoms with van der Waals surface area (Å²) in [6.45, 7) is 3.74. The number of hydrogen-bond donors (Lipinski definition) is 1. The highest BCUT2D eigenvalue weighted by Crippen LogP contribution is 2.24. The number of amides is 1. The molecular formula is C18H24N4O3. The molecule has 0 radical (unpaired) electrons. The largest absolute Gasteiger partial charge is 0.491 e. The first-order chi connectivity index (χ1) is 12.0. The molecule has 2 aromatic rings. The third kappa shape index (κ3) is 4.79. The Morgan fingerprint density at radius 2 is 2.32 bits per heavy atom. The number of carbonyl (C=O) groups is 1. The zero-order chi connectivity index (χ0) is 17.7. The average molecular weight is 344 g/mol. The minimum atomic E-state index is -0.981. The van der Waals surface area contributed by atoms with E-state index in [2.05, 4.69) is 10.1 Å². The lowest BCUT2D eigenvalue weighted by atomic mass is 10.1. The first kappa shape index (κ1) is 17.4. The van der Waals surface area contributed by atoms with Crippen LogP contribution in [0.3, 0.4) is 0 Å². The first-order valence-electron chi connectivity index (χ1n) is 8.56. The summed E-state index contributed by atoms with van der Waals surface area (Å²) < 4.78 is 7.44. The maximum absolute atomic E-state index is 12.3. The number of nitrogens with zero attached hydrogens (tertiary/aromatic N) is 4. The van der Waals surface area contributed by atoms with Crippen molar-refractivity contribution in [2.45, 2.75) is 38.3 Å². The van der Waals surface area contributed by atoms with E-state index in [-0.39, 0.29) is 12.5 Å². The van der Waals surface area contributed by atoms with E-state index in [1.807, 2.05) is 31.2 Å². The Labute approximate surface area is 147 Å². The summed E-state index contributed by atoms with van der Waals surface area (Å²) in [4.78, 5) is 17.9. The fourth-order valence-corrected chi connectivity index (χ4v) is 3.01. The Bertz CT molecular complexity index is 704. The normalized spacial score (nSPS) is 20.0. The molecule has 1 atom stereocenters. The van der Waals surface area contributed by atoms with Crippen molar-refractivity contribution in [1.29, 1.82) is 0 Å². The Morgan fingerprint density at radius 1 is 1.44 bits per heavy atom. The lowest BCUT2D eigenvalue weighted by Crippen LogP contribution is -2.40. The van der Waals surface area contributed by atoms with Gasteiger partial charge in [-0.05, 0) is 37.5 Å². The standard InChI is InChI=1S/C18H24N4O3/c1-15-4-2-5-16(10-15)25-12-18(24)7-9-21(11-18)17(23)6-3-8-22-14-19-13-20-22/h2,4-5,10,13-14,24H,3,6-9,11-12H2,1H3/t18-/m1/s1. The minimum Gasteiger partial charge on any atom is -0.491 e. The van der Waals surface area contributed by atoms with Crippen LogP contribution in [0.25, 0.3) is 0 Å². The minimum absolute atomic E-state index is 0.0617. The highest BCUT2D eigenvalue weighted by atomic mass is 16.5. The number of carbonyl (C=O) groups excluding carboxylic acids is 1. The number of aromatic nitrogens is 3. The topological polar surface area (TPSA) is 80.5 Å². The molecule has 7 nitrogen and oxygen atoms in total. The van der Waals surface area contributed by atoms with Crippen LogP contribution in [0.2, 0.25) is 0 Å². The molecule has 1 aromatic heterocycles. The molecule has 2 heterocycles. The van der Waals surface area contributed by atoms with Gasteiger partial charge in [-0.25, -0.2) is 4.98 Å². The summed E-state index contributed by atoms with van der Waals surface area (Å²) in [6, 6.07) is 7.73. The van der Waals surface area contributed by atoms with Gasteiger partial charge in [0.2, 0.25) is 5.91 Å². The molecule has 1 aliphatic heterocycles. The molecule has 134 valence electrons. The Morgan fingerprint density at radius 3 is 3.08 bits per heavy atom. The summed E-state index contributed by atoms with van der Waals surface area (Å²) in [5.41, 5.74) is 0.130. The van der Waals surface area contributed by atoms with Gasteiger partial charge < -0.3 is 14.7 Å². The first-order valence-corrected chi connectivity index (χ1v) is 8.56. The van der Waals surface area contributed by atoms with Crippen LogP contribution >= 0.6 is 0 Å². The van der Waals surface area contributed by atoms with Crippen LogP contribution in [0, 0.1) is 6.92 Å². The number of aryl methyl sites for hydroxylation is 2. The Balaban J connectivity index is 1.44. The van der Waals surface area contributed by atoms with Gasteiger partial charge in [-0.15, -0.1) is 0 Å². The second-order valence-electron chi connectivity index (χ2n) is 6.66. The molecule has 0 bridgehead atoms. The lowest BCUT2D eigenvalue weighted by Gasteiger charge is -2.23. The van der Waals surface area contributed by atoms with E-state index in [0.29, 0.717) is 38.9 Å². The maximum Gasteiger partial charge on any atom is 0.222 e.